The molecule has 9 aromatic rings. The summed E-state index contributed by atoms with van der Waals surface area (Å²) in [5.41, 5.74) is 8.44. The summed E-state index contributed by atoms with van der Waals surface area (Å²) in [5, 5.41) is 18.0. The maximum absolute atomic E-state index is 14.5. The molecule has 30 heteroatoms. The molecule has 0 bridgehead atoms. The van der Waals surface area contributed by atoms with Crippen LogP contribution in [-0.4, -0.2) is 217 Å². The average Bonchev–Trinajstić information content (AvgIpc) is 0.833. The smallest absolute Gasteiger partial charge is 0.406 e. The number of methoxy groups -OCH3 is 6. The second-order valence-corrected chi connectivity index (χ2v) is 31.2. The van der Waals surface area contributed by atoms with Gasteiger partial charge in [0.25, 0.3) is 0 Å². The van der Waals surface area contributed by atoms with E-state index in [0.29, 0.717) is 140 Å². The predicted octanol–water partition coefficient (Wildman–Crippen LogP) is 15.8. The monoisotopic (exact) mass is 1830 g/mol. The van der Waals surface area contributed by atoms with Gasteiger partial charge < -0.3 is 117 Å². The van der Waals surface area contributed by atoms with Crippen LogP contribution < -0.4 is 74.5 Å². The molecule has 0 unspecified atom stereocenters. The van der Waals surface area contributed by atoms with Gasteiger partial charge in [-0.05, 0) is 177 Å². The van der Waals surface area contributed by atoms with E-state index in [1.54, 1.807) is 51.7 Å². The second kappa shape index (κ2) is 59.0. The van der Waals surface area contributed by atoms with Crippen LogP contribution in [0, 0.1) is 17.5 Å². The van der Waals surface area contributed by atoms with E-state index >= 15 is 0 Å². The number of hydrogen-bond acceptors (Lipinski definition) is 24. The molecule has 0 aromatic heterocycles. The molecular formula is C102H129F3N6O21. The zero-order valence-electron chi connectivity index (χ0n) is 76.6. The molecule has 12 rings (SSSR count). The average molecular weight is 1830 g/mol. The quantitative estimate of drug-likeness (QED) is 0.0153. The van der Waals surface area contributed by atoms with E-state index < -0.39 is 24.1 Å². The summed E-state index contributed by atoms with van der Waals surface area (Å²) in [7, 11) is 8.87. The van der Waals surface area contributed by atoms with Crippen LogP contribution in [0.5, 0.6) is 51.7 Å². The van der Waals surface area contributed by atoms with E-state index in [9.17, 15) is 27.6 Å². The molecule has 3 fully saturated rings. The number of benzene rings is 9. The number of hydrogen-bond donors (Lipinski definition) is 6. The van der Waals surface area contributed by atoms with E-state index in [-0.39, 0.29) is 79.6 Å². The number of rotatable bonds is 51. The highest BCUT2D eigenvalue weighted by molar-refractivity contribution is 5.67. The lowest BCUT2D eigenvalue weighted by atomic mass is 9.88. The van der Waals surface area contributed by atoms with Crippen molar-refractivity contribution in [3.63, 3.8) is 0 Å². The molecule has 0 radical (unpaired) electrons. The third-order valence-corrected chi connectivity index (χ3v) is 22.3. The topological polar surface area (TPSA) is 290 Å². The number of ether oxygens (including phenoxy) is 18. The molecule has 3 amide bonds. The lowest BCUT2D eigenvalue weighted by Crippen LogP contribution is -2.41. The molecular weight excluding hydrogens is 1700 g/mol. The fourth-order valence-corrected chi connectivity index (χ4v) is 15.5. The Hall–Kier alpha value is -11.6. The Morgan fingerprint density at radius 1 is 0.333 bits per heavy atom. The molecule has 27 nitrogen and oxygen atoms in total. The highest BCUT2D eigenvalue weighted by atomic mass is 19.1. The Balaban J connectivity index is 0.000000205. The Morgan fingerprint density at radius 2 is 0.689 bits per heavy atom. The van der Waals surface area contributed by atoms with Gasteiger partial charge in [-0.1, -0.05) is 109 Å². The van der Waals surface area contributed by atoms with Crippen molar-refractivity contribution >= 4 is 18.3 Å². The summed E-state index contributed by atoms with van der Waals surface area (Å²) in [6.07, 6.45) is 4.64. The molecule has 714 valence electrons. The Labute approximate surface area is 773 Å². The molecule has 3 aliphatic heterocycles. The third kappa shape index (κ3) is 35.2. The largest absolute Gasteiger partial charge is 0.496 e. The van der Waals surface area contributed by atoms with Crippen LogP contribution in [-0.2, 0) is 81.7 Å². The maximum Gasteiger partial charge on any atom is 0.406 e. The Kier molecular flexibility index (Phi) is 45.9. The first-order chi connectivity index (χ1) is 64.7. The Morgan fingerprint density at radius 3 is 1.10 bits per heavy atom. The SMILES string of the molecule is COC(=O)NCCc1c(F)cccc1OCCO[C@H]1CNCC[C@@H]1c1ccc(OCCCOCc2ccccc2OC)cc1.COC(=O)NCCc1cc(F)ccc1OCCO[C@H]1CNCC[C@@H]1c1ccc(OCCCOCc2ccccc2OC)cc1.COC(=O)NCCc1cccc(F)c1OCCO[C@H]1CNCC[C@@H]1c1ccc(OCCCOCc2ccccc2OC)cc1. The highest BCUT2D eigenvalue weighted by Gasteiger charge is 2.31. The number of amides is 3. The molecule has 132 heavy (non-hydrogen) atoms. The number of carbonyl (C=O) groups excluding carboxylic acids is 3. The third-order valence-electron chi connectivity index (χ3n) is 22.3. The van der Waals surface area contributed by atoms with Crippen molar-refractivity contribution in [1.29, 1.82) is 0 Å². The predicted molar refractivity (Wildman–Crippen MR) is 496 cm³/mol. The van der Waals surface area contributed by atoms with Crippen LogP contribution in [0.4, 0.5) is 27.6 Å². The molecule has 3 heterocycles. The summed E-state index contributed by atoms with van der Waals surface area (Å²) < 4.78 is 144. The van der Waals surface area contributed by atoms with Gasteiger partial charge in [-0.25, -0.2) is 27.6 Å². The summed E-state index contributed by atoms with van der Waals surface area (Å²) in [5.74, 6) is 5.69. The summed E-state index contributed by atoms with van der Waals surface area (Å²) in [4.78, 5) is 33.9. The number of carbonyl (C=O) groups is 3. The zero-order chi connectivity index (χ0) is 93.0. The van der Waals surface area contributed by atoms with E-state index in [4.69, 9.17) is 71.1 Å². The summed E-state index contributed by atoms with van der Waals surface area (Å²) >= 11 is 0. The lowest BCUT2D eigenvalue weighted by molar-refractivity contribution is 0.00674. The lowest BCUT2D eigenvalue weighted by Gasteiger charge is -2.32. The summed E-state index contributed by atoms with van der Waals surface area (Å²) in [6, 6.07) is 62.1. The van der Waals surface area contributed by atoms with Gasteiger partial charge in [0.15, 0.2) is 11.6 Å². The van der Waals surface area contributed by atoms with Gasteiger partial charge in [-0.3, -0.25) is 0 Å². The summed E-state index contributed by atoms with van der Waals surface area (Å²) in [6.45, 7) is 12.7. The molecule has 3 aliphatic rings. The van der Waals surface area contributed by atoms with Crippen LogP contribution >= 0.6 is 0 Å². The van der Waals surface area contributed by atoms with Gasteiger partial charge in [0.2, 0.25) is 0 Å². The fourth-order valence-electron chi connectivity index (χ4n) is 15.5. The molecule has 6 N–H and O–H groups in total. The van der Waals surface area contributed by atoms with Crippen LogP contribution in [0.25, 0.3) is 0 Å². The highest BCUT2D eigenvalue weighted by Crippen LogP contribution is 2.35. The van der Waals surface area contributed by atoms with Crippen molar-refractivity contribution in [2.45, 2.75) is 114 Å². The van der Waals surface area contributed by atoms with Gasteiger partial charge >= 0.3 is 18.3 Å². The van der Waals surface area contributed by atoms with Gasteiger partial charge in [-0.2, -0.15) is 0 Å². The fraction of sp³-hybridized carbons (Fsp3) is 0.441. The number of piperidine rings is 3. The Bertz CT molecular complexity index is 4800. The van der Waals surface area contributed by atoms with Gasteiger partial charge in [0.1, 0.15) is 77.5 Å². The van der Waals surface area contributed by atoms with Crippen molar-refractivity contribution in [2.24, 2.45) is 0 Å². The first-order valence-electron chi connectivity index (χ1n) is 45.2. The number of nitrogens with one attached hydrogen (secondary N) is 6. The number of para-hydroxylation sites is 4. The van der Waals surface area contributed by atoms with Gasteiger partial charge in [-0.15, -0.1) is 0 Å². The molecule has 3 saturated heterocycles. The van der Waals surface area contributed by atoms with E-state index in [1.165, 1.54) is 62.3 Å². The normalized spacial score (nSPS) is 16.2. The zero-order valence-corrected chi connectivity index (χ0v) is 76.6. The second-order valence-electron chi connectivity index (χ2n) is 31.2. The molecule has 0 saturated carbocycles. The minimum atomic E-state index is -0.558. The minimum Gasteiger partial charge on any atom is -0.496 e. The van der Waals surface area contributed by atoms with Crippen molar-refractivity contribution in [2.75, 3.05) is 181 Å². The maximum atomic E-state index is 14.5. The minimum absolute atomic E-state index is 0.00329. The number of alkyl carbamates (subject to hydrolysis) is 3. The molecule has 0 spiro atoms. The molecule has 6 atom stereocenters. The van der Waals surface area contributed by atoms with Gasteiger partial charge in [0.05, 0.1) is 140 Å². The first-order valence-corrected chi connectivity index (χ1v) is 45.2. The van der Waals surface area contributed by atoms with Crippen LogP contribution in [0.2, 0.25) is 0 Å². The first kappa shape index (κ1) is 103. The van der Waals surface area contributed by atoms with Gasteiger partial charge in [0, 0.05) is 98.5 Å². The van der Waals surface area contributed by atoms with E-state index in [1.807, 2.05) is 109 Å². The molecule has 9 aromatic carbocycles. The number of halogens is 3. The van der Waals surface area contributed by atoms with Crippen LogP contribution in [0.3, 0.4) is 0 Å². The van der Waals surface area contributed by atoms with Crippen molar-refractivity contribution in [3.05, 3.63) is 268 Å². The van der Waals surface area contributed by atoms with Crippen LogP contribution in [0.1, 0.15) is 106 Å². The van der Waals surface area contributed by atoms with Crippen molar-refractivity contribution in [1.82, 2.24) is 31.9 Å². The van der Waals surface area contributed by atoms with Crippen molar-refractivity contribution < 1.29 is 113 Å². The standard InChI is InChI=1S/3C34H43FN2O7/c1-39-31-10-4-3-7-27(31)24-41-19-6-20-42-28-13-11-25(12-14-28)29-16-17-36-23-32(29)43-21-22-44-33-26(8-5-9-30(33)35)15-18-37-34(38)40-2;1-39-31-9-4-3-7-26(31)24-41-19-6-20-42-27-13-11-25(12-14-27)28-15-17-36-23-33(28)44-22-21-43-32-10-5-8-30(35)29(32)16-18-37-34(38)40-2;1-39-31-7-4-3-6-27(31)24-41-18-5-19-42-29-11-8-25(9-12-29)30-15-16-36-23-33(30)44-21-20-43-32-13-10-28(35)22-26(32)14-17-37-34(38)40-2/h3-5,7-14,29,32,36H,6,15-24H2,1-2H3,(H,37,38);3-5,7-14,28,33,36H,6,15-24H2,1-2H3,(H,37,38);3-4,6-13,22,30,33,36H,5,14-21,23-24H2,1-2H3,(H,37,38)/t29-,32+;28-,33+;30-,33+/m111/s1. The van der Waals surface area contributed by atoms with E-state index in [0.717, 1.165) is 129 Å². The molecule has 0 aliphatic carbocycles. The van der Waals surface area contributed by atoms with Crippen LogP contribution in [0.15, 0.2) is 200 Å². The van der Waals surface area contributed by atoms with Crippen molar-refractivity contribution in [3.8, 4) is 51.7 Å². The van der Waals surface area contributed by atoms with E-state index in [2.05, 4.69) is 82.5 Å².